The fourth-order valence-corrected chi connectivity index (χ4v) is 2.83. The molecule has 0 aliphatic heterocycles. The summed E-state index contributed by atoms with van der Waals surface area (Å²) in [5.74, 6) is 1.73. The first-order valence-corrected chi connectivity index (χ1v) is 8.71. The number of furan rings is 1. The molecule has 0 spiro atoms. The maximum absolute atomic E-state index is 12.8. The Morgan fingerprint density at radius 3 is 2.35 bits per heavy atom. The molecule has 0 bridgehead atoms. The molecule has 3 rings (SSSR count). The lowest BCUT2D eigenvalue weighted by atomic mass is 10.1. The maximum atomic E-state index is 12.8. The molecule has 4 nitrogen and oxygen atoms in total. The van der Waals surface area contributed by atoms with Crippen molar-refractivity contribution in [3.05, 3.63) is 89.9 Å². The van der Waals surface area contributed by atoms with E-state index in [0.29, 0.717) is 25.9 Å². The summed E-state index contributed by atoms with van der Waals surface area (Å²) in [6.45, 7) is 1.05. The van der Waals surface area contributed by atoms with Gasteiger partial charge < -0.3 is 14.1 Å². The molecule has 26 heavy (non-hydrogen) atoms. The Kier molecular flexibility index (Phi) is 6.09. The third-order valence-corrected chi connectivity index (χ3v) is 4.28. The Bertz CT molecular complexity index is 795. The minimum absolute atomic E-state index is 0.112. The molecule has 0 aliphatic rings. The van der Waals surface area contributed by atoms with Gasteiger partial charge in [0.1, 0.15) is 11.5 Å². The Morgan fingerprint density at radius 1 is 0.923 bits per heavy atom. The van der Waals surface area contributed by atoms with Crippen LogP contribution in [0.3, 0.4) is 0 Å². The molecule has 3 aromatic rings. The molecular formula is C22H23NO3. The molecule has 0 saturated carbocycles. The van der Waals surface area contributed by atoms with Crippen LogP contribution in [0.1, 0.15) is 23.3 Å². The quantitative estimate of drug-likeness (QED) is 0.603. The molecule has 4 heteroatoms. The highest BCUT2D eigenvalue weighted by atomic mass is 16.5. The molecule has 1 heterocycles. The van der Waals surface area contributed by atoms with Crippen molar-refractivity contribution in [2.75, 3.05) is 7.11 Å². The first-order valence-electron chi connectivity index (χ1n) is 8.71. The molecule has 0 saturated heterocycles. The summed E-state index contributed by atoms with van der Waals surface area (Å²) >= 11 is 0. The van der Waals surface area contributed by atoms with E-state index in [1.54, 1.807) is 13.4 Å². The van der Waals surface area contributed by atoms with Crippen LogP contribution in [-0.2, 0) is 24.3 Å². The maximum Gasteiger partial charge on any atom is 0.223 e. The van der Waals surface area contributed by atoms with E-state index in [9.17, 15) is 4.79 Å². The van der Waals surface area contributed by atoms with Crippen molar-refractivity contribution in [2.45, 2.75) is 25.9 Å². The third kappa shape index (κ3) is 4.99. The van der Waals surface area contributed by atoms with Gasteiger partial charge in [0, 0.05) is 13.0 Å². The highest BCUT2D eigenvalue weighted by Gasteiger charge is 2.16. The van der Waals surface area contributed by atoms with Crippen molar-refractivity contribution < 1.29 is 13.9 Å². The van der Waals surface area contributed by atoms with Gasteiger partial charge in [0.05, 0.1) is 19.9 Å². The molecule has 2 aromatic carbocycles. The van der Waals surface area contributed by atoms with Crippen LogP contribution in [0.2, 0.25) is 0 Å². The van der Waals surface area contributed by atoms with E-state index in [4.69, 9.17) is 9.15 Å². The van der Waals surface area contributed by atoms with Crippen LogP contribution in [0, 0.1) is 0 Å². The van der Waals surface area contributed by atoms with E-state index in [1.807, 2.05) is 71.6 Å². The second kappa shape index (κ2) is 8.90. The molecule has 0 atom stereocenters. The number of hydrogen-bond acceptors (Lipinski definition) is 3. The van der Waals surface area contributed by atoms with Crippen molar-refractivity contribution in [2.24, 2.45) is 0 Å². The van der Waals surface area contributed by atoms with Crippen molar-refractivity contribution in [3.8, 4) is 5.75 Å². The zero-order valence-corrected chi connectivity index (χ0v) is 14.9. The van der Waals surface area contributed by atoms with Crippen molar-refractivity contribution in [1.29, 1.82) is 0 Å². The molecular weight excluding hydrogens is 326 g/mol. The Morgan fingerprint density at radius 2 is 1.69 bits per heavy atom. The number of ether oxygens (including phenoxy) is 1. The molecule has 0 fully saturated rings. The number of carbonyl (C=O) groups is 1. The average Bonchev–Trinajstić information content (AvgIpc) is 3.20. The van der Waals surface area contributed by atoms with Crippen LogP contribution in [0.4, 0.5) is 0 Å². The highest BCUT2D eigenvalue weighted by molar-refractivity contribution is 5.76. The lowest BCUT2D eigenvalue weighted by Gasteiger charge is -2.22. The van der Waals surface area contributed by atoms with Gasteiger partial charge in [-0.25, -0.2) is 0 Å². The van der Waals surface area contributed by atoms with Gasteiger partial charge in [-0.05, 0) is 41.8 Å². The molecule has 0 radical (unpaired) electrons. The predicted octanol–water partition coefficient (Wildman–Crippen LogP) is 4.45. The lowest BCUT2D eigenvalue weighted by Crippen LogP contribution is -2.30. The van der Waals surface area contributed by atoms with Gasteiger partial charge in [0.25, 0.3) is 0 Å². The van der Waals surface area contributed by atoms with Crippen LogP contribution >= 0.6 is 0 Å². The zero-order valence-electron chi connectivity index (χ0n) is 14.9. The van der Waals surface area contributed by atoms with Gasteiger partial charge in [-0.2, -0.15) is 0 Å². The first-order chi connectivity index (χ1) is 12.7. The topological polar surface area (TPSA) is 42.7 Å². The van der Waals surface area contributed by atoms with Gasteiger partial charge >= 0.3 is 0 Å². The molecule has 134 valence electrons. The number of rotatable bonds is 8. The molecule has 0 N–H and O–H groups in total. The summed E-state index contributed by atoms with van der Waals surface area (Å²) in [5.41, 5.74) is 2.23. The van der Waals surface area contributed by atoms with Gasteiger partial charge in [-0.3, -0.25) is 4.79 Å². The van der Waals surface area contributed by atoms with E-state index in [0.717, 1.165) is 22.6 Å². The van der Waals surface area contributed by atoms with Crippen LogP contribution in [0.25, 0.3) is 0 Å². The number of benzene rings is 2. The van der Waals surface area contributed by atoms with Crippen molar-refractivity contribution >= 4 is 5.91 Å². The van der Waals surface area contributed by atoms with Crippen molar-refractivity contribution in [3.63, 3.8) is 0 Å². The molecule has 0 unspecified atom stereocenters. The van der Waals surface area contributed by atoms with Crippen LogP contribution in [-0.4, -0.2) is 17.9 Å². The summed E-state index contributed by atoms with van der Waals surface area (Å²) in [7, 11) is 1.65. The Labute approximate surface area is 154 Å². The van der Waals surface area contributed by atoms with E-state index < -0.39 is 0 Å². The fraction of sp³-hybridized carbons (Fsp3) is 0.227. The summed E-state index contributed by atoms with van der Waals surface area (Å²) < 4.78 is 10.6. The van der Waals surface area contributed by atoms with E-state index >= 15 is 0 Å². The zero-order chi connectivity index (χ0) is 18.2. The van der Waals surface area contributed by atoms with E-state index in [2.05, 4.69) is 0 Å². The minimum atomic E-state index is 0.112. The van der Waals surface area contributed by atoms with E-state index in [1.165, 1.54) is 0 Å². The lowest BCUT2D eigenvalue weighted by molar-refractivity contribution is -0.132. The largest absolute Gasteiger partial charge is 0.497 e. The number of amides is 1. The van der Waals surface area contributed by atoms with Gasteiger partial charge in [-0.1, -0.05) is 42.5 Å². The smallest absolute Gasteiger partial charge is 0.223 e. The standard InChI is InChI=1S/C22H23NO3/c1-25-20-12-9-18(10-13-20)11-14-22(24)23(17-21-8-5-15-26-21)16-19-6-3-2-4-7-19/h2-10,12-13,15H,11,14,16-17H2,1H3. The number of methoxy groups -OCH3 is 1. The van der Waals surface area contributed by atoms with Crippen LogP contribution in [0.5, 0.6) is 5.75 Å². The highest BCUT2D eigenvalue weighted by Crippen LogP contribution is 2.15. The Hall–Kier alpha value is -3.01. The number of aryl methyl sites for hydroxylation is 1. The summed E-state index contributed by atoms with van der Waals surface area (Å²) in [5, 5.41) is 0. The normalized spacial score (nSPS) is 10.5. The monoisotopic (exact) mass is 349 g/mol. The van der Waals surface area contributed by atoms with Gasteiger partial charge in [0.15, 0.2) is 0 Å². The third-order valence-electron chi connectivity index (χ3n) is 4.28. The second-order valence-electron chi connectivity index (χ2n) is 6.16. The SMILES string of the molecule is COc1ccc(CCC(=O)N(Cc2ccccc2)Cc2ccco2)cc1. The molecule has 1 amide bonds. The van der Waals surface area contributed by atoms with Crippen LogP contribution < -0.4 is 4.74 Å². The number of carbonyl (C=O) groups excluding carboxylic acids is 1. The molecule has 1 aromatic heterocycles. The van der Waals surface area contributed by atoms with Gasteiger partial charge in [0.2, 0.25) is 5.91 Å². The minimum Gasteiger partial charge on any atom is -0.497 e. The first kappa shape index (κ1) is 17.8. The summed E-state index contributed by atoms with van der Waals surface area (Å²) in [6, 6.07) is 21.6. The summed E-state index contributed by atoms with van der Waals surface area (Å²) in [6.07, 6.45) is 2.80. The Balaban J connectivity index is 1.65. The van der Waals surface area contributed by atoms with Crippen LogP contribution in [0.15, 0.2) is 77.4 Å². The number of hydrogen-bond donors (Lipinski definition) is 0. The number of nitrogens with zero attached hydrogens (tertiary/aromatic N) is 1. The predicted molar refractivity (Wildman–Crippen MR) is 101 cm³/mol. The fourth-order valence-electron chi connectivity index (χ4n) is 2.83. The van der Waals surface area contributed by atoms with E-state index in [-0.39, 0.29) is 5.91 Å². The van der Waals surface area contributed by atoms with Gasteiger partial charge in [-0.15, -0.1) is 0 Å². The second-order valence-corrected chi connectivity index (χ2v) is 6.16. The average molecular weight is 349 g/mol. The summed E-state index contributed by atoms with van der Waals surface area (Å²) in [4.78, 5) is 14.7. The van der Waals surface area contributed by atoms with Crippen molar-refractivity contribution in [1.82, 2.24) is 4.90 Å². The molecule has 0 aliphatic carbocycles.